The fraction of sp³-hybridized carbons (Fsp3) is 0.0455. The monoisotopic (exact) mass is 771 g/mol. The van der Waals surface area contributed by atoms with Gasteiger partial charge in [-0.3, -0.25) is 0 Å². The van der Waals surface area contributed by atoms with Crippen LogP contribution in [0.1, 0.15) is 11.1 Å². The first-order valence-corrected chi connectivity index (χ1v) is 18.7. The maximum atomic E-state index is 13.5. The molecule has 0 aliphatic heterocycles. The first-order chi connectivity index (χ1) is 26.5. The molecule has 3 nitrogen and oxygen atoms in total. The second kappa shape index (κ2) is 12.2. The molecule has 0 aliphatic rings. The Bertz CT molecular complexity index is 2980. The maximum Gasteiger partial charge on any atom is 0.416 e. The normalized spacial score (nSPS) is 12.5. The van der Waals surface area contributed by atoms with E-state index in [0.717, 1.165) is 84.8 Å². The third-order valence-corrected chi connectivity index (χ3v) is 12.1. The van der Waals surface area contributed by atoms with Gasteiger partial charge in [-0.05, 0) is 88.6 Å². The van der Waals surface area contributed by atoms with E-state index in [1.165, 1.54) is 34.8 Å². The summed E-state index contributed by atoms with van der Waals surface area (Å²) in [6.07, 6.45) is -8.95. The summed E-state index contributed by atoms with van der Waals surface area (Å²) in [4.78, 5) is 9.23. The summed E-state index contributed by atoms with van der Waals surface area (Å²) in [5, 5.41) is 5.37. The SMILES string of the molecule is FC(F)(F)c1ccc2sc(-c3ccc4c5ccc(-c6nc7cc(C(F)(F)F)ccc7s6)cc5n(-c5ccc(-c6ccc7ccccc7c6)cc5)c4c3)nc2c1. The van der Waals surface area contributed by atoms with Gasteiger partial charge >= 0.3 is 12.4 Å². The van der Waals surface area contributed by atoms with Crippen molar-refractivity contribution in [3.63, 3.8) is 0 Å². The van der Waals surface area contributed by atoms with Gasteiger partial charge in [-0.25, -0.2) is 9.97 Å². The van der Waals surface area contributed by atoms with Gasteiger partial charge in [-0.1, -0.05) is 72.8 Å². The minimum atomic E-state index is -4.47. The topological polar surface area (TPSA) is 30.7 Å². The number of rotatable bonds is 4. The fourth-order valence-corrected chi connectivity index (χ4v) is 9.07. The summed E-state index contributed by atoms with van der Waals surface area (Å²) in [6, 6.07) is 41.9. The summed E-state index contributed by atoms with van der Waals surface area (Å²) in [6.45, 7) is 0. The van der Waals surface area contributed by atoms with Gasteiger partial charge in [0.2, 0.25) is 0 Å². The molecule has 11 heteroatoms. The molecule has 0 amide bonds. The molecule has 0 aliphatic carbocycles. The van der Waals surface area contributed by atoms with Gasteiger partial charge in [0.05, 0.1) is 42.6 Å². The first-order valence-electron chi connectivity index (χ1n) is 17.1. The predicted molar refractivity (Wildman–Crippen MR) is 211 cm³/mol. The average Bonchev–Trinajstić information content (AvgIpc) is 3.90. The van der Waals surface area contributed by atoms with E-state index in [2.05, 4.69) is 69.1 Å². The number of fused-ring (bicyclic) bond motifs is 6. The van der Waals surface area contributed by atoms with Crippen LogP contribution in [0, 0.1) is 0 Å². The minimum Gasteiger partial charge on any atom is -0.309 e. The lowest BCUT2D eigenvalue weighted by molar-refractivity contribution is -0.138. The van der Waals surface area contributed by atoms with Crippen molar-refractivity contribution >= 4 is 75.7 Å². The van der Waals surface area contributed by atoms with Crippen LogP contribution in [-0.4, -0.2) is 14.5 Å². The molecule has 3 heterocycles. The number of alkyl halides is 6. The molecule has 10 rings (SSSR count). The Kier molecular flexibility index (Phi) is 7.46. The Morgan fingerprint density at radius 2 is 0.927 bits per heavy atom. The van der Waals surface area contributed by atoms with E-state index in [-0.39, 0.29) is 11.0 Å². The molecule has 0 spiro atoms. The average molecular weight is 772 g/mol. The van der Waals surface area contributed by atoms with Crippen molar-refractivity contribution in [1.82, 2.24) is 14.5 Å². The predicted octanol–water partition coefficient (Wildman–Crippen LogP) is 14.2. The summed E-state index contributed by atoms with van der Waals surface area (Å²) in [7, 11) is 0. The Labute approximate surface area is 316 Å². The lowest BCUT2D eigenvalue weighted by Gasteiger charge is -2.11. The molecule has 0 atom stereocenters. The summed E-state index contributed by atoms with van der Waals surface area (Å²) >= 11 is 2.65. The minimum absolute atomic E-state index is 0.280. The fourth-order valence-electron chi connectivity index (χ4n) is 7.19. The van der Waals surface area contributed by atoms with Crippen LogP contribution in [0.4, 0.5) is 26.3 Å². The standard InChI is InChI=1S/C44H23F6N3S2/c45-43(46,47)30-11-17-39-35(22-30)51-41(54-39)28-9-15-33-34-16-10-29(42-52-36-23-31(44(48,49)50)12-18-40(36)55-42)21-38(34)53(37(33)20-28)32-13-7-25(8-14-32)27-6-5-24-3-1-2-4-26(24)19-27/h1-23H. The Balaban J connectivity index is 1.14. The first kappa shape index (κ1) is 33.5. The van der Waals surface area contributed by atoms with Gasteiger partial charge in [0.15, 0.2) is 0 Å². The number of hydrogen-bond acceptors (Lipinski definition) is 4. The molecular formula is C44H23F6N3S2. The quantitative estimate of drug-likeness (QED) is 0.167. The molecule has 3 aromatic heterocycles. The van der Waals surface area contributed by atoms with Crippen molar-refractivity contribution in [1.29, 1.82) is 0 Å². The van der Waals surface area contributed by atoms with Crippen LogP contribution in [-0.2, 0) is 12.4 Å². The molecule has 0 N–H and O–H groups in total. The number of thiazole rings is 2. The van der Waals surface area contributed by atoms with Crippen LogP contribution < -0.4 is 0 Å². The van der Waals surface area contributed by atoms with Gasteiger partial charge in [0, 0.05) is 27.6 Å². The lowest BCUT2D eigenvalue weighted by atomic mass is 10.0. The van der Waals surface area contributed by atoms with Gasteiger partial charge in [0.1, 0.15) is 10.0 Å². The summed E-state index contributed by atoms with van der Waals surface area (Å²) < 4.78 is 84.4. The highest BCUT2D eigenvalue weighted by atomic mass is 32.1. The lowest BCUT2D eigenvalue weighted by Crippen LogP contribution is -2.03. The van der Waals surface area contributed by atoms with Crippen molar-refractivity contribution in [3.05, 3.63) is 151 Å². The molecule has 0 unspecified atom stereocenters. The van der Waals surface area contributed by atoms with Gasteiger partial charge < -0.3 is 4.57 Å². The van der Waals surface area contributed by atoms with Crippen molar-refractivity contribution in [2.75, 3.05) is 0 Å². The number of hydrogen-bond donors (Lipinski definition) is 0. The van der Waals surface area contributed by atoms with Gasteiger partial charge in [-0.15, -0.1) is 22.7 Å². The van der Waals surface area contributed by atoms with Crippen molar-refractivity contribution in [2.45, 2.75) is 12.4 Å². The zero-order chi connectivity index (χ0) is 37.6. The maximum absolute atomic E-state index is 13.5. The van der Waals surface area contributed by atoms with Crippen molar-refractivity contribution < 1.29 is 26.3 Å². The Morgan fingerprint density at radius 1 is 0.436 bits per heavy atom. The van der Waals surface area contributed by atoms with Crippen LogP contribution in [0.5, 0.6) is 0 Å². The van der Waals surface area contributed by atoms with E-state index in [9.17, 15) is 26.3 Å². The van der Waals surface area contributed by atoms with Crippen LogP contribution in [0.2, 0.25) is 0 Å². The molecule has 0 bridgehead atoms. The second-order valence-corrected chi connectivity index (χ2v) is 15.4. The second-order valence-electron chi connectivity index (χ2n) is 13.3. The molecule has 0 radical (unpaired) electrons. The zero-order valence-corrected chi connectivity index (χ0v) is 29.8. The molecule has 10 aromatic rings. The van der Waals surface area contributed by atoms with Crippen molar-refractivity contribution in [3.8, 4) is 38.0 Å². The smallest absolute Gasteiger partial charge is 0.309 e. The van der Waals surface area contributed by atoms with E-state index >= 15 is 0 Å². The highest BCUT2D eigenvalue weighted by Crippen LogP contribution is 2.41. The van der Waals surface area contributed by atoms with E-state index in [4.69, 9.17) is 0 Å². The van der Waals surface area contributed by atoms with Crippen LogP contribution in [0.25, 0.3) is 91.0 Å². The van der Waals surface area contributed by atoms with E-state index < -0.39 is 23.5 Å². The highest BCUT2D eigenvalue weighted by molar-refractivity contribution is 7.22. The number of benzene rings is 7. The number of aromatic nitrogens is 3. The van der Waals surface area contributed by atoms with Gasteiger partial charge in [-0.2, -0.15) is 26.3 Å². The largest absolute Gasteiger partial charge is 0.416 e. The summed E-state index contributed by atoms with van der Waals surface area (Å²) in [5.41, 5.74) is 5.28. The van der Waals surface area contributed by atoms with E-state index in [1.807, 2.05) is 48.5 Å². The van der Waals surface area contributed by atoms with Crippen LogP contribution in [0.3, 0.4) is 0 Å². The molecule has 7 aromatic carbocycles. The van der Waals surface area contributed by atoms with E-state index in [1.54, 1.807) is 0 Å². The van der Waals surface area contributed by atoms with E-state index in [0.29, 0.717) is 19.4 Å². The zero-order valence-electron chi connectivity index (χ0n) is 28.2. The van der Waals surface area contributed by atoms with Crippen LogP contribution in [0.15, 0.2) is 140 Å². The molecule has 0 saturated heterocycles. The third kappa shape index (κ3) is 5.82. The molecule has 268 valence electrons. The van der Waals surface area contributed by atoms with Gasteiger partial charge in [0.25, 0.3) is 0 Å². The summed E-state index contributed by atoms with van der Waals surface area (Å²) in [5.74, 6) is 0. The highest BCUT2D eigenvalue weighted by Gasteiger charge is 2.32. The molecule has 0 fully saturated rings. The molecular weight excluding hydrogens is 749 g/mol. The number of nitrogens with zero attached hydrogens (tertiary/aromatic N) is 3. The third-order valence-electron chi connectivity index (χ3n) is 9.90. The number of halogens is 6. The van der Waals surface area contributed by atoms with Crippen LogP contribution >= 0.6 is 22.7 Å². The Morgan fingerprint density at radius 3 is 1.45 bits per heavy atom. The molecule has 0 saturated carbocycles. The molecule has 55 heavy (non-hydrogen) atoms. The Hall–Kier alpha value is -6.04. The van der Waals surface area contributed by atoms with Crippen molar-refractivity contribution in [2.24, 2.45) is 0 Å².